The number of aryl methyl sites for hydroxylation is 1. The zero-order valence-corrected chi connectivity index (χ0v) is 14.7. The topological polar surface area (TPSA) is 52.3 Å². The lowest BCUT2D eigenvalue weighted by molar-refractivity contribution is -0.127. The second-order valence-electron chi connectivity index (χ2n) is 7.12. The van der Waals surface area contributed by atoms with E-state index in [-0.39, 0.29) is 0 Å². The summed E-state index contributed by atoms with van der Waals surface area (Å²) in [6.45, 7) is 8.03. The fraction of sp³-hybridized carbons (Fsp3) is 0.684. The highest BCUT2D eigenvalue weighted by molar-refractivity contribution is 5.77. The van der Waals surface area contributed by atoms with Gasteiger partial charge in [0.2, 0.25) is 5.91 Å². The minimum absolute atomic E-state index is 0.348. The van der Waals surface area contributed by atoms with E-state index in [1.807, 2.05) is 15.5 Å². The van der Waals surface area contributed by atoms with Crippen molar-refractivity contribution >= 4 is 5.91 Å². The van der Waals surface area contributed by atoms with E-state index in [1.54, 1.807) is 0 Å². The number of hydrogen-bond donors (Lipinski definition) is 0. The second-order valence-corrected chi connectivity index (χ2v) is 7.12. The number of carbonyl (C=O) groups excluding carboxylic acids is 1. The van der Waals surface area contributed by atoms with E-state index in [1.165, 1.54) is 18.4 Å². The van der Waals surface area contributed by atoms with Crippen LogP contribution in [0.4, 0.5) is 0 Å². The van der Waals surface area contributed by atoms with Gasteiger partial charge in [0.1, 0.15) is 11.8 Å². The van der Waals surface area contributed by atoms with Gasteiger partial charge in [-0.15, -0.1) is 0 Å². The first-order chi connectivity index (χ1) is 11.7. The Bertz CT molecular complexity index is 607. The van der Waals surface area contributed by atoms with E-state index in [0.717, 1.165) is 70.1 Å². The van der Waals surface area contributed by atoms with Crippen molar-refractivity contribution in [3.05, 3.63) is 23.5 Å². The Kier molecular flexibility index (Phi) is 5.57. The molecule has 1 amide bonds. The van der Waals surface area contributed by atoms with Gasteiger partial charge in [-0.05, 0) is 63.2 Å². The zero-order valence-electron chi connectivity index (χ0n) is 14.7. The zero-order chi connectivity index (χ0) is 16.9. The van der Waals surface area contributed by atoms with Gasteiger partial charge in [-0.1, -0.05) is 0 Å². The molecule has 5 heteroatoms. The molecular weight excluding hydrogens is 300 g/mol. The van der Waals surface area contributed by atoms with Gasteiger partial charge in [0.05, 0.1) is 0 Å². The monoisotopic (exact) mass is 328 g/mol. The average Bonchev–Trinajstić information content (AvgIpc) is 3.19. The molecule has 24 heavy (non-hydrogen) atoms. The lowest BCUT2D eigenvalue weighted by Gasteiger charge is -2.32. The predicted molar refractivity (Wildman–Crippen MR) is 93.3 cm³/mol. The van der Waals surface area contributed by atoms with Crippen LogP contribution in [0.25, 0.3) is 0 Å². The molecule has 0 saturated carbocycles. The molecule has 130 valence electrons. The Morgan fingerprint density at radius 1 is 1.29 bits per heavy atom. The van der Waals surface area contributed by atoms with Crippen molar-refractivity contribution in [2.24, 2.45) is 5.92 Å². The molecule has 3 heterocycles. The summed E-state index contributed by atoms with van der Waals surface area (Å²) in [5.41, 5.74) is 2.01. The van der Waals surface area contributed by atoms with Crippen LogP contribution >= 0.6 is 0 Å². The molecule has 0 aliphatic carbocycles. The molecule has 0 N–H and O–H groups in total. The van der Waals surface area contributed by atoms with Crippen molar-refractivity contribution in [2.75, 3.05) is 26.2 Å². The number of piperidine rings is 1. The van der Waals surface area contributed by atoms with E-state index in [2.05, 4.69) is 24.1 Å². The van der Waals surface area contributed by atoms with Crippen LogP contribution in [0.5, 0.6) is 0 Å². The highest BCUT2D eigenvalue weighted by Gasteiger charge is 2.23. The van der Waals surface area contributed by atoms with Crippen LogP contribution in [0.2, 0.25) is 0 Å². The molecule has 0 unspecified atom stereocenters. The van der Waals surface area contributed by atoms with Gasteiger partial charge >= 0.3 is 0 Å². The lowest BCUT2D eigenvalue weighted by atomic mass is 9.93. The number of carbonyl (C=O) groups is 1. The Balaban J connectivity index is 1.43. The molecule has 2 aliphatic heterocycles. The first-order valence-electron chi connectivity index (χ1n) is 9.29. The summed E-state index contributed by atoms with van der Waals surface area (Å²) in [6.07, 6.45) is 7.51. The average molecular weight is 328 g/mol. The number of aromatic nitrogens is 1. The molecule has 0 radical (unpaired) electrons. The van der Waals surface area contributed by atoms with E-state index < -0.39 is 0 Å². The van der Waals surface area contributed by atoms with Crippen LogP contribution in [0.3, 0.4) is 0 Å². The minimum Gasteiger partial charge on any atom is -0.343 e. The summed E-state index contributed by atoms with van der Waals surface area (Å²) in [5.74, 6) is 1.10. The van der Waals surface area contributed by atoms with Gasteiger partial charge in [-0.25, -0.2) is 0 Å². The third-order valence-corrected chi connectivity index (χ3v) is 5.50. The molecule has 1 aromatic heterocycles. The number of hydrogen-bond acceptors (Lipinski definition) is 3. The maximum Gasteiger partial charge on any atom is 0.222 e. The molecular formula is C19H28N4O. The van der Waals surface area contributed by atoms with Gasteiger partial charge < -0.3 is 9.47 Å². The number of likely N-dealkylation sites (tertiary alicyclic amines) is 2. The number of nitriles is 1. The van der Waals surface area contributed by atoms with Crippen LogP contribution in [0.15, 0.2) is 12.3 Å². The van der Waals surface area contributed by atoms with Gasteiger partial charge in [-0.2, -0.15) is 5.26 Å². The molecule has 5 nitrogen and oxygen atoms in total. The Morgan fingerprint density at radius 2 is 2.08 bits per heavy atom. The number of rotatable bonds is 6. The fourth-order valence-corrected chi connectivity index (χ4v) is 3.98. The summed E-state index contributed by atoms with van der Waals surface area (Å²) >= 11 is 0. The SMILES string of the molecule is CCn1cc(CN2CCC(CCN3CCCC3=O)CC2)cc1C#N. The van der Waals surface area contributed by atoms with Crippen molar-refractivity contribution < 1.29 is 4.79 Å². The fourth-order valence-electron chi connectivity index (χ4n) is 3.98. The molecule has 0 aromatic carbocycles. The lowest BCUT2D eigenvalue weighted by Crippen LogP contribution is -2.35. The second kappa shape index (κ2) is 7.85. The van der Waals surface area contributed by atoms with Crippen molar-refractivity contribution in [3.63, 3.8) is 0 Å². The summed E-state index contributed by atoms with van der Waals surface area (Å²) in [7, 11) is 0. The predicted octanol–water partition coefficient (Wildman–Crippen LogP) is 2.60. The highest BCUT2D eigenvalue weighted by atomic mass is 16.2. The maximum atomic E-state index is 11.7. The Labute approximate surface area is 144 Å². The first-order valence-corrected chi connectivity index (χ1v) is 9.29. The molecule has 0 spiro atoms. The summed E-state index contributed by atoms with van der Waals surface area (Å²) in [6, 6.07) is 4.29. The van der Waals surface area contributed by atoms with Gasteiger partial charge in [0.25, 0.3) is 0 Å². The van der Waals surface area contributed by atoms with Crippen molar-refractivity contribution in [3.8, 4) is 6.07 Å². The first kappa shape index (κ1) is 17.0. The van der Waals surface area contributed by atoms with E-state index >= 15 is 0 Å². The molecule has 0 bridgehead atoms. The summed E-state index contributed by atoms with van der Waals surface area (Å²) in [4.78, 5) is 16.2. The Morgan fingerprint density at radius 3 is 2.67 bits per heavy atom. The number of nitrogens with zero attached hydrogens (tertiary/aromatic N) is 4. The van der Waals surface area contributed by atoms with E-state index in [4.69, 9.17) is 5.26 Å². The number of amides is 1. The van der Waals surface area contributed by atoms with Crippen molar-refractivity contribution in [1.29, 1.82) is 5.26 Å². The molecule has 1 aromatic rings. The molecule has 2 fully saturated rings. The molecule has 2 aliphatic rings. The third kappa shape index (κ3) is 3.99. The normalized spacial score (nSPS) is 19.8. The van der Waals surface area contributed by atoms with Gasteiger partial charge in [0.15, 0.2) is 0 Å². The van der Waals surface area contributed by atoms with E-state index in [9.17, 15) is 4.79 Å². The molecule has 0 atom stereocenters. The van der Waals surface area contributed by atoms with Crippen LogP contribution in [-0.4, -0.2) is 46.5 Å². The standard InChI is InChI=1S/C19H28N4O/c1-2-22-15-17(12-18(22)13-20)14-21-9-5-16(6-10-21)7-11-23-8-3-4-19(23)24/h12,15-16H,2-11,14H2,1H3. The quantitative estimate of drug-likeness (QED) is 0.806. The maximum absolute atomic E-state index is 11.7. The smallest absolute Gasteiger partial charge is 0.222 e. The van der Waals surface area contributed by atoms with Crippen LogP contribution < -0.4 is 0 Å². The third-order valence-electron chi connectivity index (χ3n) is 5.50. The Hall–Kier alpha value is -1.80. The van der Waals surface area contributed by atoms with Crippen molar-refractivity contribution in [2.45, 2.75) is 52.1 Å². The van der Waals surface area contributed by atoms with E-state index in [0.29, 0.717) is 5.91 Å². The molecule has 2 saturated heterocycles. The van der Waals surface area contributed by atoms with Crippen molar-refractivity contribution in [1.82, 2.24) is 14.4 Å². The largest absolute Gasteiger partial charge is 0.343 e. The van der Waals surface area contributed by atoms with Gasteiger partial charge in [0, 0.05) is 38.8 Å². The summed E-state index contributed by atoms with van der Waals surface area (Å²) in [5, 5.41) is 9.16. The highest BCUT2D eigenvalue weighted by Crippen LogP contribution is 2.23. The van der Waals surface area contributed by atoms with Crippen LogP contribution in [0.1, 0.15) is 50.3 Å². The van der Waals surface area contributed by atoms with Crippen LogP contribution in [-0.2, 0) is 17.9 Å². The minimum atomic E-state index is 0.348. The van der Waals surface area contributed by atoms with Crippen LogP contribution in [0, 0.1) is 17.2 Å². The summed E-state index contributed by atoms with van der Waals surface area (Å²) < 4.78 is 2.02. The molecule has 3 rings (SSSR count). The van der Waals surface area contributed by atoms with Gasteiger partial charge in [-0.3, -0.25) is 9.69 Å².